The lowest BCUT2D eigenvalue weighted by molar-refractivity contribution is -0.274. The van der Waals surface area contributed by atoms with Gasteiger partial charge in [-0.25, -0.2) is 0 Å². The fourth-order valence-electron chi connectivity index (χ4n) is 2.62. The van der Waals surface area contributed by atoms with E-state index in [9.17, 15) is 22.8 Å². The molecule has 0 fully saturated rings. The molecule has 0 aliphatic heterocycles. The number of alkyl halides is 3. The first-order valence-corrected chi connectivity index (χ1v) is 8.59. The van der Waals surface area contributed by atoms with Gasteiger partial charge in [0.25, 0.3) is 5.91 Å². The Hall–Kier alpha value is -3.69. The van der Waals surface area contributed by atoms with Gasteiger partial charge in [0.1, 0.15) is 17.1 Å². The summed E-state index contributed by atoms with van der Waals surface area (Å²) in [6, 6.07) is 9.72. The Morgan fingerprint density at radius 2 is 1.77 bits per heavy atom. The maximum Gasteiger partial charge on any atom is 0.573 e. The second-order valence-electron chi connectivity index (χ2n) is 6.08. The van der Waals surface area contributed by atoms with E-state index in [-0.39, 0.29) is 12.1 Å². The first-order chi connectivity index (χ1) is 14.2. The van der Waals surface area contributed by atoms with E-state index >= 15 is 0 Å². The lowest BCUT2D eigenvalue weighted by Crippen LogP contribution is -2.21. The number of carbonyl (C=O) groups is 2. The number of hydrogen-bond donors (Lipinski definition) is 1. The largest absolute Gasteiger partial charge is 0.573 e. The highest BCUT2D eigenvalue weighted by Gasteiger charge is 2.31. The van der Waals surface area contributed by atoms with Gasteiger partial charge in [0.05, 0.1) is 19.8 Å². The van der Waals surface area contributed by atoms with Crippen LogP contribution in [0.2, 0.25) is 0 Å². The van der Waals surface area contributed by atoms with Crippen molar-refractivity contribution in [1.29, 1.82) is 0 Å². The number of benzene rings is 2. The van der Waals surface area contributed by atoms with Gasteiger partial charge in [0.15, 0.2) is 6.61 Å². The minimum absolute atomic E-state index is 0.101. The Morgan fingerprint density at radius 1 is 1.07 bits per heavy atom. The van der Waals surface area contributed by atoms with Crippen molar-refractivity contribution in [3.63, 3.8) is 0 Å². The Bertz CT molecular complexity index is 1040. The molecule has 0 aliphatic carbocycles. The zero-order valence-corrected chi connectivity index (χ0v) is 15.6. The first kappa shape index (κ1) is 21.0. The molecule has 30 heavy (non-hydrogen) atoms. The number of amides is 1. The van der Waals surface area contributed by atoms with Crippen LogP contribution in [0, 0.1) is 0 Å². The summed E-state index contributed by atoms with van der Waals surface area (Å²) in [5.41, 5.74) is 1.37. The number of methoxy groups -OCH3 is 1. The molecule has 0 aliphatic rings. The van der Waals surface area contributed by atoms with Crippen LogP contribution >= 0.6 is 0 Å². The van der Waals surface area contributed by atoms with E-state index in [1.807, 2.05) is 0 Å². The maximum absolute atomic E-state index is 12.1. The average Bonchev–Trinajstić information content (AvgIpc) is 3.08. The molecule has 158 valence electrons. The topological polar surface area (TPSA) is 87.0 Å². The average molecular weight is 423 g/mol. The number of anilines is 1. The van der Waals surface area contributed by atoms with E-state index < -0.39 is 30.6 Å². The van der Waals surface area contributed by atoms with Gasteiger partial charge in [0, 0.05) is 22.7 Å². The molecule has 0 bridgehead atoms. The molecular weight excluding hydrogens is 407 g/mol. The molecule has 0 atom stereocenters. The fraction of sp³-hybridized carbons (Fsp3) is 0.200. The Kier molecular flexibility index (Phi) is 6.14. The SMILES string of the molecule is COc1ccc2c(CC(=O)OCC(=O)Nc3ccc(OC(F)(F)F)cc3)coc2c1. The van der Waals surface area contributed by atoms with E-state index in [4.69, 9.17) is 13.9 Å². The summed E-state index contributed by atoms with van der Waals surface area (Å²) in [7, 11) is 1.53. The molecule has 0 saturated carbocycles. The quantitative estimate of drug-likeness (QED) is 0.577. The summed E-state index contributed by atoms with van der Waals surface area (Å²) in [6.07, 6.45) is -3.47. The van der Waals surface area contributed by atoms with E-state index in [1.54, 1.807) is 18.2 Å². The number of esters is 1. The van der Waals surface area contributed by atoms with Gasteiger partial charge >= 0.3 is 12.3 Å². The van der Waals surface area contributed by atoms with Gasteiger partial charge in [-0.15, -0.1) is 13.2 Å². The number of halogens is 3. The number of rotatable bonds is 7. The number of hydrogen-bond acceptors (Lipinski definition) is 6. The Labute approximate surface area is 168 Å². The molecule has 1 amide bonds. The molecule has 0 unspecified atom stereocenters. The molecular formula is C20H16F3NO6. The Morgan fingerprint density at radius 3 is 2.43 bits per heavy atom. The highest BCUT2D eigenvalue weighted by molar-refractivity contribution is 5.93. The summed E-state index contributed by atoms with van der Waals surface area (Å²) in [5.74, 6) is -1.09. The van der Waals surface area contributed by atoms with Crippen LogP contribution in [-0.4, -0.2) is 32.0 Å². The molecule has 0 saturated heterocycles. The van der Waals surface area contributed by atoms with Crippen LogP contribution in [0.4, 0.5) is 18.9 Å². The molecule has 1 aromatic heterocycles. The third-order valence-corrected chi connectivity index (χ3v) is 3.93. The molecule has 10 heteroatoms. The minimum atomic E-state index is -4.80. The fourth-order valence-corrected chi connectivity index (χ4v) is 2.62. The van der Waals surface area contributed by atoms with Crippen molar-refractivity contribution < 1.29 is 41.4 Å². The second kappa shape index (κ2) is 8.76. The predicted octanol–water partition coefficient (Wildman–Crippen LogP) is 4.06. The van der Waals surface area contributed by atoms with E-state index in [0.717, 1.165) is 17.5 Å². The highest BCUT2D eigenvalue weighted by Crippen LogP contribution is 2.26. The summed E-state index contributed by atoms with van der Waals surface area (Å²) in [4.78, 5) is 23.9. The summed E-state index contributed by atoms with van der Waals surface area (Å²) >= 11 is 0. The Balaban J connectivity index is 1.49. The van der Waals surface area contributed by atoms with Gasteiger partial charge in [0.2, 0.25) is 0 Å². The zero-order valence-electron chi connectivity index (χ0n) is 15.6. The maximum atomic E-state index is 12.1. The third-order valence-electron chi connectivity index (χ3n) is 3.93. The first-order valence-electron chi connectivity index (χ1n) is 8.59. The highest BCUT2D eigenvalue weighted by atomic mass is 19.4. The lowest BCUT2D eigenvalue weighted by Gasteiger charge is -2.10. The summed E-state index contributed by atoms with van der Waals surface area (Å²) in [6.45, 7) is -0.552. The molecule has 3 aromatic rings. The van der Waals surface area contributed by atoms with Crippen molar-refractivity contribution in [1.82, 2.24) is 0 Å². The number of ether oxygens (including phenoxy) is 3. The van der Waals surface area contributed by atoms with Gasteiger partial charge in [-0.3, -0.25) is 9.59 Å². The van der Waals surface area contributed by atoms with Gasteiger partial charge < -0.3 is 23.9 Å². The van der Waals surface area contributed by atoms with Crippen molar-refractivity contribution in [3.05, 3.63) is 54.3 Å². The molecule has 1 N–H and O–H groups in total. The lowest BCUT2D eigenvalue weighted by atomic mass is 10.1. The molecule has 0 radical (unpaired) electrons. The second-order valence-corrected chi connectivity index (χ2v) is 6.08. The van der Waals surface area contributed by atoms with Crippen molar-refractivity contribution in [3.8, 4) is 11.5 Å². The normalized spacial score (nSPS) is 11.2. The summed E-state index contributed by atoms with van der Waals surface area (Å²) < 4.78 is 55.6. The van der Waals surface area contributed by atoms with Crippen LogP contribution in [0.25, 0.3) is 11.0 Å². The van der Waals surface area contributed by atoms with Crippen molar-refractivity contribution in [2.24, 2.45) is 0 Å². The van der Waals surface area contributed by atoms with Crippen LogP contribution < -0.4 is 14.8 Å². The van der Waals surface area contributed by atoms with E-state index in [0.29, 0.717) is 16.9 Å². The van der Waals surface area contributed by atoms with Crippen LogP contribution in [0.1, 0.15) is 5.56 Å². The molecule has 0 spiro atoms. The van der Waals surface area contributed by atoms with Gasteiger partial charge in [-0.05, 0) is 36.4 Å². The van der Waals surface area contributed by atoms with Crippen LogP contribution in [-0.2, 0) is 20.7 Å². The number of nitrogens with one attached hydrogen (secondary N) is 1. The zero-order chi connectivity index (χ0) is 21.7. The third kappa shape index (κ3) is 5.66. The number of fused-ring (bicyclic) bond motifs is 1. The van der Waals surface area contributed by atoms with Crippen LogP contribution in [0.3, 0.4) is 0 Å². The standard InChI is InChI=1S/C20H16F3NO6/c1-27-15-6-7-16-12(10-28-17(16)9-15)8-19(26)29-11-18(25)24-13-2-4-14(5-3-13)30-20(21,22)23/h2-7,9-10H,8,11H2,1H3,(H,24,25). The minimum Gasteiger partial charge on any atom is -0.497 e. The summed E-state index contributed by atoms with van der Waals surface area (Å²) in [5, 5.41) is 3.12. The van der Waals surface area contributed by atoms with Crippen LogP contribution in [0.15, 0.2) is 53.1 Å². The van der Waals surface area contributed by atoms with Gasteiger partial charge in [-0.2, -0.15) is 0 Å². The van der Waals surface area contributed by atoms with Crippen LogP contribution in [0.5, 0.6) is 11.5 Å². The van der Waals surface area contributed by atoms with Gasteiger partial charge in [-0.1, -0.05) is 0 Å². The van der Waals surface area contributed by atoms with Crippen molar-refractivity contribution >= 4 is 28.5 Å². The number of furan rings is 1. The molecule has 1 heterocycles. The smallest absolute Gasteiger partial charge is 0.497 e. The molecule has 7 nitrogen and oxygen atoms in total. The van der Waals surface area contributed by atoms with Crippen molar-refractivity contribution in [2.75, 3.05) is 19.0 Å². The van der Waals surface area contributed by atoms with E-state index in [1.165, 1.54) is 25.5 Å². The predicted molar refractivity (Wildman–Crippen MR) is 99.2 cm³/mol. The van der Waals surface area contributed by atoms with E-state index in [2.05, 4.69) is 10.1 Å². The number of carbonyl (C=O) groups excluding carboxylic acids is 2. The molecule has 3 rings (SSSR count). The monoisotopic (exact) mass is 423 g/mol. The van der Waals surface area contributed by atoms with Crippen molar-refractivity contribution in [2.45, 2.75) is 12.8 Å². The molecule has 2 aromatic carbocycles.